The van der Waals surface area contributed by atoms with E-state index in [9.17, 15) is 4.79 Å². The topological polar surface area (TPSA) is 48.7 Å². The summed E-state index contributed by atoms with van der Waals surface area (Å²) in [5.74, 6) is 0.0825. The molecule has 106 valence electrons. The van der Waals surface area contributed by atoms with Crippen molar-refractivity contribution in [1.29, 1.82) is 0 Å². The average Bonchev–Trinajstić information content (AvgIpc) is 2.59. The molecule has 0 aromatic carbocycles. The maximum atomic E-state index is 12.5. The van der Waals surface area contributed by atoms with Gasteiger partial charge < -0.3 is 14.6 Å². The molecule has 1 fully saturated rings. The van der Waals surface area contributed by atoms with Gasteiger partial charge in [0.1, 0.15) is 5.69 Å². The van der Waals surface area contributed by atoms with Crippen LogP contribution in [0.5, 0.6) is 0 Å². The van der Waals surface area contributed by atoms with E-state index in [1.165, 1.54) is 0 Å². The number of aromatic nitrogens is 1. The van der Waals surface area contributed by atoms with Gasteiger partial charge in [-0.1, -0.05) is 0 Å². The van der Waals surface area contributed by atoms with Crippen molar-refractivity contribution in [3.05, 3.63) is 22.4 Å². The van der Waals surface area contributed by atoms with E-state index < -0.39 is 0 Å². The standard InChI is InChI=1S/C13H20BrN3O2/c1-15-10-11(14)9-12(15)13(19)17-4-2-3-16(5-6-17)7-8-18/h9-10,18H,2-8H2,1H3. The Hall–Kier alpha value is -0.850. The van der Waals surface area contributed by atoms with Crippen LogP contribution in [0.1, 0.15) is 16.9 Å². The Balaban J connectivity index is 2.02. The third kappa shape index (κ3) is 3.58. The summed E-state index contributed by atoms with van der Waals surface area (Å²) in [7, 11) is 1.88. The number of amides is 1. The predicted molar refractivity (Wildman–Crippen MR) is 77.2 cm³/mol. The number of rotatable bonds is 3. The first-order chi connectivity index (χ1) is 9.11. The van der Waals surface area contributed by atoms with E-state index in [0.717, 1.165) is 37.1 Å². The molecule has 1 aliphatic rings. The van der Waals surface area contributed by atoms with Gasteiger partial charge in [0.05, 0.1) is 6.61 Å². The van der Waals surface area contributed by atoms with E-state index in [-0.39, 0.29) is 12.5 Å². The number of nitrogens with zero attached hydrogens (tertiary/aromatic N) is 3. The van der Waals surface area contributed by atoms with Gasteiger partial charge in [0, 0.05) is 43.9 Å². The van der Waals surface area contributed by atoms with Gasteiger partial charge in [-0.3, -0.25) is 9.69 Å². The average molecular weight is 330 g/mol. The number of halogens is 1. The lowest BCUT2D eigenvalue weighted by Gasteiger charge is -2.21. The fourth-order valence-electron chi connectivity index (χ4n) is 2.44. The third-order valence-corrected chi connectivity index (χ3v) is 3.92. The van der Waals surface area contributed by atoms with Crippen LogP contribution < -0.4 is 0 Å². The zero-order valence-corrected chi connectivity index (χ0v) is 12.8. The number of carbonyl (C=O) groups is 1. The van der Waals surface area contributed by atoms with Gasteiger partial charge >= 0.3 is 0 Å². The van der Waals surface area contributed by atoms with Crippen molar-refractivity contribution < 1.29 is 9.90 Å². The molecule has 6 heteroatoms. The molecule has 0 radical (unpaired) electrons. The minimum atomic E-state index is 0.0825. The highest BCUT2D eigenvalue weighted by Gasteiger charge is 2.22. The summed E-state index contributed by atoms with van der Waals surface area (Å²) >= 11 is 3.39. The number of aliphatic hydroxyl groups is 1. The van der Waals surface area contributed by atoms with Crippen LogP contribution in [-0.4, -0.2) is 64.7 Å². The van der Waals surface area contributed by atoms with Crippen LogP contribution in [0.15, 0.2) is 16.7 Å². The highest BCUT2D eigenvalue weighted by atomic mass is 79.9. The molecule has 19 heavy (non-hydrogen) atoms. The fourth-order valence-corrected chi connectivity index (χ4v) is 2.96. The van der Waals surface area contributed by atoms with Gasteiger partial charge in [-0.15, -0.1) is 0 Å². The Morgan fingerprint density at radius 2 is 2.16 bits per heavy atom. The molecule has 2 rings (SSSR count). The second-order valence-corrected chi connectivity index (χ2v) is 5.78. The Morgan fingerprint density at radius 1 is 1.37 bits per heavy atom. The molecule has 1 N–H and O–H groups in total. The summed E-state index contributed by atoms with van der Waals surface area (Å²) in [6, 6.07) is 1.86. The van der Waals surface area contributed by atoms with E-state index >= 15 is 0 Å². The van der Waals surface area contributed by atoms with Crippen LogP contribution in [0.2, 0.25) is 0 Å². The number of aliphatic hydroxyl groups excluding tert-OH is 1. The molecule has 5 nitrogen and oxygen atoms in total. The number of aryl methyl sites for hydroxylation is 1. The van der Waals surface area contributed by atoms with Crippen LogP contribution in [0.25, 0.3) is 0 Å². The van der Waals surface area contributed by atoms with Gasteiger partial charge in [0.2, 0.25) is 0 Å². The molecule has 0 atom stereocenters. The van der Waals surface area contributed by atoms with Crippen LogP contribution in [0.3, 0.4) is 0 Å². The number of β-amino-alcohol motifs (C(OH)–C–C–N with tert-alkyl or cyclic N) is 1. The van der Waals surface area contributed by atoms with Crippen molar-refractivity contribution in [2.24, 2.45) is 7.05 Å². The molecular weight excluding hydrogens is 310 g/mol. The molecule has 2 heterocycles. The van der Waals surface area contributed by atoms with Crippen LogP contribution in [-0.2, 0) is 7.05 Å². The number of hydrogen-bond donors (Lipinski definition) is 1. The van der Waals surface area contributed by atoms with Gasteiger partial charge in [0.25, 0.3) is 5.91 Å². The zero-order valence-electron chi connectivity index (χ0n) is 11.2. The summed E-state index contributed by atoms with van der Waals surface area (Å²) in [4.78, 5) is 16.6. The largest absolute Gasteiger partial charge is 0.395 e. The lowest BCUT2D eigenvalue weighted by molar-refractivity contribution is 0.0751. The van der Waals surface area contributed by atoms with Crippen LogP contribution >= 0.6 is 15.9 Å². The Morgan fingerprint density at radius 3 is 2.79 bits per heavy atom. The summed E-state index contributed by atoms with van der Waals surface area (Å²) in [5, 5.41) is 8.97. The minimum Gasteiger partial charge on any atom is -0.395 e. The van der Waals surface area contributed by atoms with Gasteiger partial charge in [-0.25, -0.2) is 0 Å². The molecule has 1 aromatic heterocycles. The molecule has 0 spiro atoms. The smallest absolute Gasteiger partial charge is 0.270 e. The fraction of sp³-hybridized carbons (Fsp3) is 0.615. The normalized spacial score (nSPS) is 17.5. The van der Waals surface area contributed by atoms with Gasteiger partial charge in [-0.05, 0) is 35.0 Å². The number of carbonyl (C=O) groups excluding carboxylic acids is 1. The molecule has 1 aliphatic heterocycles. The van der Waals surface area contributed by atoms with Crippen molar-refractivity contribution >= 4 is 21.8 Å². The summed E-state index contributed by atoms with van der Waals surface area (Å²) in [6.07, 6.45) is 2.85. The van der Waals surface area contributed by atoms with Crippen LogP contribution in [0.4, 0.5) is 0 Å². The van der Waals surface area contributed by atoms with E-state index in [0.29, 0.717) is 12.2 Å². The third-order valence-electron chi connectivity index (χ3n) is 3.48. The molecule has 0 bridgehead atoms. The van der Waals surface area contributed by atoms with Crippen molar-refractivity contribution in [3.8, 4) is 0 Å². The highest BCUT2D eigenvalue weighted by molar-refractivity contribution is 9.10. The Labute approximate surface area is 121 Å². The molecule has 1 amide bonds. The summed E-state index contributed by atoms with van der Waals surface area (Å²) < 4.78 is 2.78. The molecular formula is C13H20BrN3O2. The molecule has 0 unspecified atom stereocenters. The molecule has 1 saturated heterocycles. The zero-order chi connectivity index (χ0) is 13.8. The Bertz CT molecular complexity index is 447. The summed E-state index contributed by atoms with van der Waals surface area (Å²) in [5.41, 5.74) is 0.711. The van der Waals surface area contributed by atoms with Crippen molar-refractivity contribution in [1.82, 2.24) is 14.4 Å². The maximum Gasteiger partial charge on any atom is 0.270 e. The van der Waals surface area contributed by atoms with Crippen LogP contribution in [0, 0.1) is 0 Å². The van der Waals surface area contributed by atoms with Crippen molar-refractivity contribution in [2.75, 3.05) is 39.3 Å². The maximum absolute atomic E-state index is 12.5. The van der Waals surface area contributed by atoms with E-state index in [1.54, 1.807) is 0 Å². The van der Waals surface area contributed by atoms with Gasteiger partial charge in [0.15, 0.2) is 0 Å². The predicted octanol–water partition coefficient (Wildman–Crippen LogP) is 0.928. The SMILES string of the molecule is Cn1cc(Br)cc1C(=O)N1CCCN(CCO)CC1. The van der Waals surface area contributed by atoms with E-state index in [2.05, 4.69) is 20.8 Å². The van der Waals surface area contributed by atoms with Crippen molar-refractivity contribution in [3.63, 3.8) is 0 Å². The highest BCUT2D eigenvalue weighted by Crippen LogP contribution is 2.16. The first-order valence-corrected chi connectivity index (χ1v) is 7.35. The molecule has 0 aliphatic carbocycles. The second-order valence-electron chi connectivity index (χ2n) is 4.87. The number of hydrogen-bond acceptors (Lipinski definition) is 3. The first-order valence-electron chi connectivity index (χ1n) is 6.56. The minimum absolute atomic E-state index is 0.0825. The van der Waals surface area contributed by atoms with Crippen molar-refractivity contribution in [2.45, 2.75) is 6.42 Å². The Kier molecular flexibility index (Phi) is 5.01. The first kappa shape index (κ1) is 14.6. The monoisotopic (exact) mass is 329 g/mol. The summed E-state index contributed by atoms with van der Waals surface area (Å²) in [6.45, 7) is 4.15. The van der Waals surface area contributed by atoms with Gasteiger partial charge in [-0.2, -0.15) is 0 Å². The lowest BCUT2D eigenvalue weighted by Crippen LogP contribution is -2.36. The molecule has 1 aromatic rings. The molecule has 0 saturated carbocycles. The van der Waals surface area contributed by atoms with E-state index in [4.69, 9.17) is 5.11 Å². The second kappa shape index (κ2) is 6.54. The van der Waals surface area contributed by atoms with E-state index in [1.807, 2.05) is 28.8 Å². The lowest BCUT2D eigenvalue weighted by atomic mass is 10.3. The quantitative estimate of drug-likeness (QED) is 0.897.